The highest BCUT2D eigenvalue weighted by molar-refractivity contribution is 5.98. The number of likely N-dealkylation sites (tertiary alicyclic amines) is 1. The third kappa shape index (κ3) is 4.32. The zero-order valence-electron chi connectivity index (χ0n) is 17.1. The maximum absolute atomic E-state index is 13.1. The monoisotopic (exact) mass is 422 g/mol. The fourth-order valence-electron chi connectivity index (χ4n) is 4.15. The fourth-order valence-corrected chi connectivity index (χ4v) is 4.15. The van der Waals surface area contributed by atoms with Crippen molar-refractivity contribution in [3.05, 3.63) is 65.6 Å². The van der Waals surface area contributed by atoms with Crippen LogP contribution in [0.4, 0.5) is 4.39 Å². The average Bonchev–Trinajstić information content (AvgIpc) is 3.27. The lowest BCUT2D eigenvalue weighted by atomic mass is 9.88. The highest BCUT2D eigenvalue weighted by Crippen LogP contribution is 2.33. The van der Waals surface area contributed by atoms with Crippen molar-refractivity contribution >= 4 is 5.78 Å². The van der Waals surface area contributed by atoms with Crippen LogP contribution in [0.25, 0.3) is 11.3 Å². The van der Waals surface area contributed by atoms with E-state index >= 15 is 0 Å². The van der Waals surface area contributed by atoms with E-state index < -0.39 is 0 Å². The number of fused-ring (bicyclic) bond motifs is 1. The Morgan fingerprint density at radius 2 is 1.74 bits per heavy atom. The van der Waals surface area contributed by atoms with Crippen LogP contribution in [0.3, 0.4) is 0 Å². The molecule has 1 fully saturated rings. The van der Waals surface area contributed by atoms with Crippen molar-refractivity contribution in [1.29, 1.82) is 0 Å². The Balaban J connectivity index is 1.17. The molecule has 2 aromatic carbocycles. The molecule has 31 heavy (non-hydrogen) atoms. The van der Waals surface area contributed by atoms with Gasteiger partial charge < -0.3 is 14.0 Å². The highest BCUT2D eigenvalue weighted by Gasteiger charge is 2.27. The number of carbonyl (C=O) groups excluding carboxylic acids is 1. The summed E-state index contributed by atoms with van der Waals surface area (Å²) in [5, 5.41) is 4.15. The molecule has 0 bridgehead atoms. The lowest BCUT2D eigenvalue weighted by Crippen LogP contribution is -2.36. The van der Waals surface area contributed by atoms with Gasteiger partial charge in [-0.3, -0.25) is 9.69 Å². The molecule has 0 radical (unpaired) electrons. The van der Waals surface area contributed by atoms with Gasteiger partial charge in [-0.05, 0) is 68.4 Å². The molecular weight excluding hydrogens is 399 g/mol. The SMILES string of the molecule is O=C(c1ccc2c(c1)OCCO2)C1CCN(Cc2cc(-c3ccc(F)cc3)on2)CC1. The molecule has 0 spiro atoms. The largest absolute Gasteiger partial charge is 0.486 e. The number of nitrogens with zero attached hydrogens (tertiary/aromatic N) is 2. The minimum Gasteiger partial charge on any atom is -0.486 e. The van der Waals surface area contributed by atoms with Crippen LogP contribution in [0.2, 0.25) is 0 Å². The summed E-state index contributed by atoms with van der Waals surface area (Å²) in [6.07, 6.45) is 1.60. The van der Waals surface area contributed by atoms with Crippen molar-refractivity contribution in [2.24, 2.45) is 5.92 Å². The van der Waals surface area contributed by atoms with Gasteiger partial charge in [-0.2, -0.15) is 0 Å². The van der Waals surface area contributed by atoms with Crippen LogP contribution < -0.4 is 9.47 Å². The van der Waals surface area contributed by atoms with E-state index in [-0.39, 0.29) is 17.5 Å². The number of hydrogen-bond donors (Lipinski definition) is 0. The molecule has 0 unspecified atom stereocenters. The molecule has 1 aromatic heterocycles. The van der Waals surface area contributed by atoms with E-state index in [9.17, 15) is 9.18 Å². The maximum Gasteiger partial charge on any atom is 0.167 e. The third-order valence-electron chi connectivity index (χ3n) is 5.86. The van der Waals surface area contributed by atoms with Gasteiger partial charge in [-0.15, -0.1) is 0 Å². The van der Waals surface area contributed by atoms with Crippen molar-refractivity contribution < 1.29 is 23.2 Å². The Kier molecular flexibility index (Phi) is 5.42. The van der Waals surface area contributed by atoms with Gasteiger partial charge in [-0.25, -0.2) is 4.39 Å². The molecule has 5 rings (SSSR count). The molecule has 2 aliphatic heterocycles. The Labute approximate surface area is 179 Å². The van der Waals surface area contributed by atoms with Gasteiger partial charge in [0.25, 0.3) is 0 Å². The number of Topliss-reactive ketones (excluding diaryl/α,β-unsaturated/α-hetero) is 1. The molecule has 160 valence electrons. The highest BCUT2D eigenvalue weighted by atomic mass is 19.1. The summed E-state index contributed by atoms with van der Waals surface area (Å²) in [7, 11) is 0. The molecule has 3 aromatic rings. The number of halogens is 1. The maximum atomic E-state index is 13.1. The Hall–Kier alpha value is -3.19. The van der Waals surface area contributed by atoms with Crippen LogP contribution in [0, 0.1) is 11.7 Å². The molecule has 0 aliphatic carbocycles. The van der Waals surface area contributed by atoms with Gasteiger partial charge in [-0.1, -0.05) is 5.16 Å². The van der Waals surface area contributed by atoms with Crippen molar-refractivity contribution in [2.75, 3.05) is 26.3 Å². The van der Waals surface area contributed by atoms with Crippen LogP contribution in [0.5, 0.6) is 11.5 Å². The number of ether oxygens (including phenoxy) is 2. The van der Waals surface area contributed by atoms with Gasteiger partial charge in [0, 0.05) is 29.7 Å². The molecule has 6 nitrogen and oxygen atoms in total. The number of aromatic nitrogens is 1. The number of benzene rings is 2. The van der Waals surface area contributed by atoms with Crippen LogP contribution in [0.1, 0.15) is 28.9 Å². The van der Waals surface area contributed by atoms with Gasteiger partial charge in [0.1, 0.15) is 19.0 Å². The van der Waals surface area contributed by atoms with E-state index in [1.54, 1.807) is 18.2 Å². The zero-order chi connectivity index (χ0) is 21.2. The van der Waals surface area contributed by atoms with Crippen molar-refractivity contribution in [1.82, 2.24) is 10.1 Å². The normalized spacial score (nSPS) is 16.9. The molecule has 1 saturated heterocycles. The van der Waals surface area contributed by atoms with Gasteiger partial charge in [0.2, 0.25) is 0 Å². The Morgan fingerprint density at radius 3 is 2.52 bits per heavy atom. The van der Waals surface area contributed by atoms with Crippen molar-refractivity contribution in [2.45, 2.75) is 19.4 Å². The van der Waals surface area contributed by atoms with E-state index in [1.165, 1.54) is 12.1 Å². The first kappa shape index (κ1) is 19.8. The minimum atomic E-state index is -0.280. The Bertz CT molecular complexity index is 1070. The first-order valence-corrected chi connectivity index (χ1v) is 10.5. The smallest absolute Gasteiger partial charge is 0.167 e. The second-order valence-corrected chi connectivity index (χ2v) is 7.96. The Morgan fingerprint density at radius 1 is 1.00 bits per heavy atom. The number of piperidine rings is 1. The third-order valence-corrected chi connectivity index (χ3v) is 5.86. The van der Waals surface area contributed by atoms with Gasteiger partial charge in [0.15, 0.2) is 23.0 Å². The summed E-state index contributed by atoms with van der Waals surface area (Å²) in [5.41, 5.74) is 2.31. The van der Waals surface area contributed by atoms with E-state index in [2.05, 4.69) is 10.1 Å². The minimum absolute atomic E-state index is 0.00546. The standard InChI is InChI=1S/C24H23FN2O4/c25-19-4-1-16(2-5-19)22-14-20(26-31-22)15-27-9-7-17(8-10-27)24(28)18-3-6-21-23(13-18)30-12-11-29-21/h1-6,13-14,17H,7-12,15H2. The lowest BCUT2D eigenvalue weighted by Gasteiger charge is -2.30. The summed E-state index contributed by atoms with van der Waals surface area (Å²) in [4.78, 5) is 15.2. The zero-order valence-corrected chi connectivity index (χ0v) is 17.1. The quantitative estimate of drug-likeness (QED) is 0.570. The van der Waals surface area contributed by atoms with Crippen molar-refractivity contribution in [3.63, 3.8) is 0 Å². The molecule has 0 N–H and O–H groups in total. The first-order valence-electron chi connectivity index (χ1n) is 10.5. The number of ketones is 1. The lowest BCUT2D eigenvalue weighted by molar-refractivity contribution is 0.0832. The topological polar surface area (TPSA) is 64.8 Å². The molecule has 0 saturated carbocycles. The summed E-state index contributed by atoms with van der Waals surface area (Å²) >= 11 is 0. The summed E-state index contributed by atoms with van der Waals surface area (Å²) in [6.45, 7) is 3.35. The number of hydrogen-bond acceptors (Lipinski definition) is 6. The second-order valence-electron chi connectivity index (χ2n) is 7.96. The summed E-state index contributed by atoms with van der Waals surface area (Å²) in [6, 6.07) is 13.5. The molecule has 2 aliphatic rings. The molecule has 0 atom stereocenters. The van der Waals surface area contributed by atoms with Crippen LogP contribution >= 0.6 is 0 Å². The fraction of sp³-hybridized carbons (Fsp3) is 0.333. The van der Waals surface area contributed by atoms with E-state index in [0.717, 1.165) is 37.2 Å². The van der Waals surface area contributed by atoms with Crippen molar-refractivity contribution in [3.8, 4) is 22.8 Å². The predicted octanol–water partition coefficient (Wildman–Crippen LogP) is 4.35. The second kappa shape index (κ2) is 8.51. The number of rotatable bonds is 5. The van der Waals surface area contributed by atoms with Crippen LogP contribution in [0.15, 0.2) is 53.1 Å². The van der Waals surface area contributed by atoms with E-state index in [4.69, 9.17) is 14.0 Å². The van der Waals surface area contributed by atoms with E-state index in [0.29, 0.717) is 42.6 Å². The van der Waals surface area contributed by atoms with Crippen LogP contribution in [-0.4, -0.2) is 42.1 Å². The summed E-state index contributed by atoms with van der Waals surface area (Å²) < 4.78 is 29.7. The molecular formula is C24H23FN2O4. The average molecular weight is 422 g/mol. The van der Waals surface area contributed by atoms with Crippen LogP contribution in [-0.2, 0) is 6.54 Å². The predicted molar refractivity (Wildman–Crippen MR) is 112 cm³/mol. The van der Waals surface area contributed by atoms with E-state index in [1.807, 2.05) is 18.2 Å². The summed E-state index contributed by atoms with van der Waals surface area (Å²) in [5.74, 6) is 1.86. The molecule has 3 heterocycles. The molecule has 0 amide bonds. The first-order chi connectivity index (χ1) is 15.2. The van der Waals surface area contributed by atoms with Gasteiger partial charge >= 0.3 is 0 Å². The molecule has 7 heteroatoms. The number of carbonyl (C=O) groups is 1. The van der Waals surface area contributed by atoms with Gasteiger partial charge in [0.05, 0.1) is 5.69 Å².